The molecule has 0 fully saturated rings. The molecule has 0 radical (unpaired) electrons. The van der Waals surface area contributed by atoms with Gasteiger partial charge in [0.05, 0.1) is 0 Å². The Morgan fingerprint density at radius 2 is 2.06 bits per heavy atom. The van der Waals surface area contributed by atoms with Gasteiger partial charge in [0.25, 0.3) is 0 Å². The van der Waals surface area contributed by atoms with E-state index in [1.54, 1.807) is 0 Å². The van der Waals surface area contributed by atoms with Crippen LogP contribution in [0.3, 0.4) is 0 Å². The molecule has 4 N–H and O–H groups in total. The molecule has 0 spiro atoms. The van der Waals surface area contributed by atoms with Crippen LogP contribution in [0.4, 0.5) is 5.69 Å². The largest absolute Gasteiger partial charge is 0.481 e. The fourth-order valence-electron chi connectivity index (χ4n) is 1.75. The van der Waals surface area contributed by atoms with Crippen molar-refractivity contribution < 1.29 is 9.90 Å². The lowest BCUT2D eigenvalue weighted by Gasteiger charge is -2.10. The third-order valence-electron chi connectivity index (χ3n) is 2.53. The zero-order chi connectivity index (χ0) is 12.7. The van der Waals surface area contributed by atoms with Gasteiger partial charge < -0.3 is 16.2 Å². The summed E-state index contributed by atoms with van der Waals surface area (Å²) >= 11 is 0. The second-order valence-corrected chi connectivity index (χ2v) is 4.32. The topological polar surface area (TPSA) is 75.3 Å². The average molecular weight is 236 g/mol. The van der Waals surface area contributed by atoms with Crippen LogP contribution in [0.15, 0.2) is 24.3 Å². The first-order valence-electron chi connectivity index (χ1n) is 5.86. The number of carboxylic acids is 1. The number of carbonyl (C=O) groups is 1. The molecule has 0 aliphatic rings. The SMILES string of the molecule is CC(CC(=O)O)Cc1ccc(NCCN)cc1. The van der Waals surface area contributed by atoms with Gasteiger partial charge in [-0.25, -0.2) is 0 Å². The van der Waals surface area contributed by atoms with Crippen molar-refractivity contribution in [2.45, 2.75) is 19.8 Å². The van der Waals surface area contributed by atoms with E-state index in [4.69, 9.17) is 10.8 Å². The van der Waals surface area contributed by atoms with Crippen molar-refractivity contribution in [1.82, 2.24) is 0 Å². The van der Waals surface area contributed by atoms with Crippen LogP contribution in [-0.4, -0.2) is 24.2 Å². The summed E-state index contributed by atoms with van der Waals surface area (Å²) in [6.45, 7) is 3.32. The Morgan fingerprint density at radius 1 is 1.41 bits per heavy atom. The molecule has 0 aliphatic heterocycles. The molecule has 0 saturated carbocycles. The minimum atomic E-state index is -0.737. The Balaban J connectivity index is 2.47. The van der Waals surface area contributed by atoms with Gasteiger partial charge in [-0.3, -0.25) is 4.79 Å². The van der Waals surface area contributed by atoms with E-state index in [9.17, 15) is 4.79 Å². The van der Waals surface area contributed by atoms with E-state index in [1.165, 1.54) is 0 Å². The minimum Gasteiger partial charge on any atom is -0.481 e. The number of anilines is 1. The number of benzene rings is 1. The Morgan fingerprint density at radius 3 is 2.59 bits per heavy atom. The number of nitrogens with two attached hydrogens (primary N) is 1. The summed E-state index contributed by atoms with van der Waals surface area (Å²) in [6.07, 6.45) is 1.01. The first-order chi connectivity index (χ1) is 8.11. The molecular formula is C13H20N2O2. The van der Waals surface area contributed by atoms with Crippen LogP contribution in [-0.2, 0) is 11.2 Å². The first-order valence-corrected chi connectivity index (χ1v) is 5.86. The predicted octanol–water partition coefficient (Wildman–Crippen LogP) is 1.71. The number of hydrogen-bond acceptors (Lipinski definition) is 3. The molecular weight excluding hydrogens is 216 g/mol. The van der Waals surface area contributed by atoms with Crippen molar-refractivity contribution in [3.05, 3.63) is 29.8 Å². The summed E-state index contributed by atoms with van der Waals surface area (Å²) in [5.41, 5.74) is 7.61. The van der Waals surface area contributed by atoms with E-state index in [-0.39, 0.29) is 12.3 Å². The summed E-state index contributed by atoms with van der Waals surface area (Å²) in [5.74, 6) is -0.575. The molecule has 17 heavy (non-hydrogen) atoms. The quantitative estimate of drug-likeness (QED) is 0.673. The number of aliphatic carboxylic acids is 1. The highest BCUT2D eigenvalue weighted by atomic mass is 16.4. The molecule has 0 aliphatic carbocycles. The Hall–Kier alpha value is -1.55. The molecule has 4 nitrogen and oxygen atoms in total. The molecule has 0 saturated heterocycles. The predicted molar refractivity (Wildman–Crippen MR) is 69.1 cm³/mol. The van der Waals surface area contributed by atoms with Gasteiger partial charge in [-0.2, -0.15) is 0 Å². The summed E-state index contributed by atoms with van der Waals surface area (Å²) < 4.78 is 0. The molecule has 1 unspecified atom stereocenters. The van der Waals surface area contributed by atoms with Crippen LogP contribution in [0.5, 0.6) is 0 Å². The van der Waals surface area contributed by atoms with Gasteiger partial charge in [-0.1, -0.05) is 19.1 Å². The van der Waals surface area contributed by atoms with Crippen LogP contribution in [0.2, 0.25) is 0 Å². The lowest BCUT2D eigenvalue weighted by Crippen LogP contribution is -2.13. The van der Waals surface area contributed by atoms with Crippen LogP contribution in [0.1, 0.15) is 18.9 Å². The molecule has 0 heterocycles. The first kappa shape index (κ1) is 13.5. The zero-order valence-electron chi connectivity index (χ0n) is 10.1. The van der Waals surface area contributed by atoms with E-state index in [0.29, 0.717) is 6.54 Å². The maximum absolute atomic E-state index is 10.6. The maximum Gasteiger partial charge on any atom is 0.303 e. The zero-order valence-corrected chi connectivity index (χ0v) is 10.1. The number of hydrogen-bond donors (Lipinski definition) is 3. The third kappa shape index (κ3) is 5.36. The smallest absolute Gasteiger partial charge is 0.303 e. The lowest BCUT2D eigenvalue weighted by atomic mass is 9.98. The van der Waals surface area contributed by atoms with Crippen LogP contribution >= 0.6 is 0 Å². The van der Waals surface area contributed by atoms with Gasteiger partial charge in [0.1, 0.15) is 0 Å². The fraction of sp³-hybridized carbons (Fsp3) is 0.462. The fourth-order valence-corrected chi connectivity index (χ4v) is 1.75. The van der Waals surface area contributed by atoms with Gasteiger partial charge in [-0.05, 0) is 30.0 Å². The van der Waals surface area contributed by atoms with Crippen LogP contribution in [0, 0.1) is 5.92 Å². The van der Waals surface area contributed by atoms with Crippen LogP contribution in [0.25, 0.3) is 0 Å². The lowest BCUT2D eigenvalue weighted by molar-refractivity contribution is -0.137. The molecule has 0 bridgehead atoms. The highest BCUT2D eigenvalue weighted by molar-refractivity contribution is 5.67. The normalized spacial score (nSPS) is 12.1. The van der Waals surface area contributed by atoms with Gasteiger partial charge >= 0.3 is 5.97 Å². The monoisotopic (exact) mass is 236 g/mol. The molecule has 1 atom stereocenters. The molecule has 1 aromatic carbocycles. The summed E-state index contributed by atoms with van der Waals surface area (Å²) in [5, 5.41) is 11.9. The Labute approximate surface area is 102 Å². The van der Waals surface area contributed by atoms with Crippen molar-refractivity contribution in [3.63, 3.8) is 0 Å². The second-order valence-electron chi connectivity index (χ2n) is 4.32. The van der Waals surface area contributed by atoms with E-state index in [1.807, 2.05) is 31.2 Å². The highest BCUT2D eigenvalue weighted by Crippen LogP contribution is 2.14. The second kappa shape index (κ2) is 6.91. The Kier molecular flexibility index (Phi) is 5.49. The van der Waals surface area contributed by atoms with E-state index in [2.05, 4.69) is 5.32 Å². The molecule has 0 aromatic heterocycles. The van der Waals surface area contributed by atoms with Gasteiger partial charge in [-0.15, -0.1) is 0 Å². The van der Waals surface area contributed by atoms with E-state index >= 15 is 0 Å². The van der Waals surface area contributed by atoms with Crippen LogP contribution < -0.4 is 11.1 Å². The standard InChI is InChI=1S/C13H20N2O2/c1-10(9-13(16)17)8-11-2-4-12(5-3-11)15-7-6-14/h2-5,10,15H,6-9,14H2,1H3,(H,16,17). The summed E-state index contributed by atoms with van der Waals surface area (Å²) in [4.78, 5) is 10.6. The van der Waals surface area contributed by atoms with Crippen molar-refractivity contribution in [3.8, 4) is 0 Å². The number of carboxylic acid groups (broad SMARTS) is 1. The van der Waals surface area contributed by atoms with Gasteiger partial charge in [0.2, 0.25) is 0 Å². The minimum absolute atomic E-state index is 0.162. The van der Waals surface area contributed by atoms with Crippen molar-refractivity contribution in [2.75, 3.05) is 18.4 Å². The van der Waals surface area contributed by atoms with E-state index in [0.717, 1.165) is 24.2 Å². The summed E-state index contributed by atoms with van der Waals surface area (Å²) in [6, 6.07) is 8.05. The molecule has 94 valence electrons. The molecule has 0 amide bonds. The third-order valence-corrected chi connectivity index (χ3v) is 2.53. The Bertz CT molecular complexity index is 349. The van der Waals surface area contributed by atoms with Gasteiger partial charge in [0, 0.05) is 25.2 Å². The van der Waals surface area contributed by atoms with Crippen molar-refractivity contribution in [2.24, 2.45) is 11.7 Å². The number of nitrogens with one attached hydrogen (secondary N) is 1. The van der Waals surface area contributed by atoms with Crippen molar-refractivity contribution >= 4 is 11.7 Å². The number of rotatable bonds is 7. The summed E-state index contributed by atoms with van der Waals surface area (Å²) in [7, 11) is 0. The highest BCUT2D eigenvalue weighted by Gasteiger charge is 2.08. The molecule has 4 heteroatoms. The maximum atomic E-state index is 10.6. The average Bonchev–Trinajstić information content (AvgIpc) is 2.27. The molecule has 1 aromatic rings. The molecule has 1 rings (SSSR count). The van der Waals surface area contributed by atoms with Gasteiger partial charge in [0.15, 0.2) is 0 Å². The van der Waals surface area contributed by atoms with E-state index < -0.39 is 5.97 Å². The van der Waals surface area contributed by atoms with Crippen molar-refractivity contribution in [1.29, 1.82) is 0 Å².